The maximum absolute atomic E-state index is 11.9. The van der Waals surface area contributed by atoms with Gasteiger partial charge in [0, 0.05) is 30.6 Å². The van der Waals surface area contributed by atoms with E-state index < -0.39 is 0 Å². The van der Waals surface area contributed by atoms with Gasteiger partial charge in [0.1, 0.15) is 0 Å². The second-order valence-corrected chi connectivity index (χ2v) is 4.61. The minimum absolute atomic E-state index is 0.0279. The molecule has 0 saturated heterocycles. The molecule has 0 bridgehead atoms. The third-order valence-electron chi connectivity index (χ3n) is 3.38. The van der Waals surface area contributed by atoms with Crippen LogP contribution in [0.4, 0.5) is 0 Å². The predicted molar refractivity (Wildman–Crippen MR) is 64.5 cm³/mol. The molecule has 0 aromatic carbocycles. The van der Waals surface area contributed by atoms with E-state index in [1.54, 1.807) is 24.5 Å². The average Bonchev–Trinajstić information content (AvgIpc) is 2.40. The Hall–Kier alpha value is -1.42. The van der Waals surface area contributed by atoms with Crippen LogP contribution in [-0.2, 0) is 0 Å². The first-order valence-electron chi connectivity index (χ1n) is 6.11. The summed E-state index contributed by atoms with van der Waals surface area (Å²) in [6.07, 6.45) is 7.16. The molecule has 2 rings (SSSR count). The summed E-state index contributed by atoms with van der Waals surface area (Å²) in [6, 6.07) is 3.68. The minimum atomic E-state index is -0.0279. The van der Waals surface area contributed by atoms with Crippen molar-refractivity contribution in [3.05, 3.63) is 30.1 Å². The van der Waals surface area contributed by atoms with Crippen LogP contribution in [0.2, 0.25) is 0 Å². The van der Waals surface area contributed by atoms with Crippen LogP contribution in [0.1, 0.15) is 36.0 Å². The Morgan fingerprint density at radius 3 is 2.53 bits per heavy atom. The fourth-order valence-electron chi connectivity index (χ4n) is 2.26. The summed E-state index contributed by atoms with van der Waals surface area (Å²) in [4.78, 5) is 15.8. The molecule has 1 fully saturated rings. The van der Waals surface area contributed by atoms with Crippen LogP contribution >= 0.6 is 0 Å². The van der Waals surface area contributed by atoms with Gasteiger partial charge >= 0.3 is 0 Å². The number of aliphatic hydroxyl groups is 1. The van der Waals surface area contributed by atoms with Gasteiger partial charge in [-0.05, 0) is 43.7 Å². The van der Waals surface area contributed by atoms with E-state index in [4.69, 9.17) is 5.11 Å². The van der Waals surface area contributed by atoms with Crippen LogP contribution in [0.25, 0.3) is 0 Å². The van der Waals surface area contributed by atoms with Crippen molar-refractivity contribution >= 4 is 5.91 Å². The van der Waals surface area contributed by atoms with Crippen LogP contribution in [0.15, 0.2) is 24.5 Å². The van der Waals surface area contributed by atoms with E-state index in [0.29, 0.717) is 11.5 Å². The third-order valence-corrected chi connectivity index (χ3v) is 3.38. The number of aliphatic hydroxyl groups excluding tert-OH is 1. The first-order valence-corrected chi connectivity index (χ1v) is 6.11. The van der Waals surface area contributed by atoms with Crippen molar-refractivity contribution in [2.45, 2.75) is 31.7 Å². The molecule has 1 aromatic rings. The molecule has 2 N–H and O–H groups in total. The molecule has 1 aliphatic rings. The molecule has 0 aliphatic heterocycles. The number of carbonyl (C=O) groups is 1. The van der Waals surface area contributed by atoms with Gasteiger partial charge in [0.25, 0.3) is 5.91 Å². The maximum atomic E-state index is 11.9. The lowest BCUT2D eigenvalue weighted by atomic mass is 9.86. The zero-order valence-electron chi connectivity index (χ0n) is 9.80. The molecule has 0 unspecified atom stereocenters. The standard InChI is InChI=1S/C13H18N2O2/c16-9-10-1-3-12(4-2-10)15-13(17)11-5-7-14-8-6-11/h5-8,10,12,16H,1-4,9H2,(H,15,17). The highest BCUT2D eigenvalue weighted by molar-refractivity contribution is 5.94. The molecule has 1 amide bonds. The van der Waals surface area contributed by atoms with Crippen molar-refractivity contribution in [2.24, 2.45) is 5.92 Å². The molecule has 0 spiro atoms. The van der Waals surface area contributed by atoms with E-state index in [2.05, 4.69) is 10.3 Å². The van der Waals surface area contributed by atoms with Crippen LogP contribution in [0.5, 0.6) is 0 Å². The molecule has 92 valence electrons. The van der Waals surface area contributed by atoms with E-state index in [0.717, 1.165) is 25.7 Å². The molecule has 1 aromatic heterocycles. The van der Waals surface area contributed by atoms with Gasteiger partial charge in [-0.1, -0.05) is 0 Å². The second-order valence-electron chi connectivity index (χ2n) is 4.61. The number of rotatable bonds is 3. The molecule has 0 atom stereocenters. The number of aromatic nitrogens is 1. The van der Waals surface area contributed by atoms with Gasteiger partial charge in [-0.3, -0.25) is 9.78 Å². The first-order chi connectivity index (χ1) is 8.29. The molecule has 17 heavy (non-hydrogen) atoms. The van der Waals surface area contributed by atoms with Crippen LogP contribution < -0.4 is 5.32 Å². The zero-order chi connectivity index (χ0) is 12.1. The van der Waals surface area contributed by atoms with E-state index in [9.17, 15) is 4.79 Å². The Labute approximate surface area is 101 Å². The van der Waals surface area contributed by atoms with Crippen molar-refractivity contribution in [2.75, 3.05) is 6.61 Å². The highest BCUT2D eigenvalue weighted by Crippen LogP contribution is 2.23. The lowest BCUT2D eigenvalue weighted by Crippen LogP contribution is -2.38. The fourth-order valence-corrected chi connectivity index (χ4v) is 2.26. The van der Waals surface area contributed by atoms with E-state index in [-0.39, 0.29) is 18.6 Å². The summed E-state index contributed by atoms with van der Waals surface area (Å²) in [7, 11) is 0. The normalized spacial score (nSPS) is 24.3. The Kier molecular flexibility index (Phi) is 4.09. The minimum Gasteiger partial charge on any atom is -0.396 e. The average molecular weight is 234 g/mol. The van der Waals surface area contributed by atoms with Crippen molar-refractivity contribution in [1.82, 2.24) is 10.3 Å². The van der Waals surface area contributed by atoms with Crippen molar-refractivity contribution < 1.29 is 9.90 Å². The van der Waals surface area contributed by atoms with Gasteiger partial charge in [-0.25, -0.2) is 0 Å². The molecule has 4 heteroatoms. The molecule has 1 aliphatic carbocycles. The van der Waals surface area contributed by atoms with Crippen molar-refractivity contribution in [1.29, 1.82) is 0 Å². The van der Waals surface area contributed by atoms with Gasteiger partial charge in [0.2, 0.25) is 0 Å². The van der Waals surface area contributed by atoms with Crippen molar-refractivity contribution in [3.63, 3.8) is 0 Å². The molecule has 1 saturated carbocycles. The van der Waals surface area contributed by atoms with E-state index in [1.807, 2.05) is 0 Å². The van der Waals surface area contributed by atoms with Crippen molar-refractivity contribution in [3.8, 4) is 0 Å². The van der Waals surface area contributed by atoms with Crippen LogP contribution in [-0.4, -0.2) is 28.6 Å². The predicted octanol–water partition coefficient (Wildman–Crippen LogP) is 1.36. The maximum Gasteiger partial charge on any atom is 0.251 e. The van der Waals surface area contributed by atoms with E-state index >= 15 is 0 Å². The largest absolute Gasteiger partial charge is 0.396 e. The lowest BCUT2D eigenvalue weighted by Gasteiger charge is -2.27. The first kappa shape index (κ1) is 12.0. The quantitative estimate of drug-likeness (QED) is 0.830. The number of amides is 1. The fraction of sp³-hybridized carbons (Fsp3) is 0.538. The second kappa shape index (κ2) is 5.77. The summed E-state index contributed by atoms with van der Waals surface area (Å²) in [5.41, 5.74) is 0.657. The molecule has 1 heterocycles. The molecular formula is C13H18N2O2. The summed E-state index contributed by atoms with van der Waals surface area (Å²) < 4.78 is 0. The lowest BCUT2D eigenvalue weighted by molar-refractivity contribution is 0.0914. The van der Waals surface area contributed by atoms with Gasteiger partial charge in [0.05, 0.1) is 0 Å². The number of hydrogen-bond donors (Lipinski definition) is 2. The molecular weight excluding hydrogens is 216 g/mol. The summed E-state index contributed by atoms with van der Waals surface area (Å²) in [5, 5.41) is 12.1. The van der Waals surface area contributed by atoms with Gasteiger partial charge < -0.3 is 10.4 Å². The Balaban J connectivity index is 1.84. The van der Waals surface area contributed by atoms with Gasteiger partial charge in [-0.2, -0.15) is 0 Å². The SMILES string of the molecule is O=C(NC1CCC(CO)CC1)c1ccncc1. The highest BCUT2D eigenvalue weighted by atomic mass is 16.3. The summed E-state index contributed by atoms with van der Waals surface area (Å²) in [6.45, 7) is 0.269. The third kappa shape index (κ3) is 3.27. The summed E-state index contributed by atoms with van der Waals surface area (Å²) in [5.74, 6) is 0.393. The van der Waals surface area contributed by atoms with E-state index in [1.165, 1.54) is 0 Å². The Bertz CT molecular complexity index is 359. The number of carbonyl (C=O) groups excluding carboxylic acids is 1. The smallest absolute Gasteiger partial charge is 0.251 e. The number of hydrogen-bond acceptors (Lipinski definition) is 3. The highest BCUT2D eigenvalue weighted by Gasteiger charge is 2.22. The zero-order valence-corrected chi connectivity index (χ0v) is 9.80. The number of nitrogens with one attached hydrogen (secondary N) is 1. The Morgan fingerprint density at radius 1 is 1.29 bits per heavy atom. The molecule has 0 radical (unpaired) electrons. The van der Waals surface area contributed by atoms with Gasteiger partial charge in [-0.15, -0.1) is 0 Å². The number of pyridine rings is 1. The van der Waals surface area contributed by atoms with Crippen LogP contribution in [0.3, 0.4) is 0 Å². The topological polar surface area (TPSA) is 62.2 Å². The van der Waals surface area contributed by atoms with Crippen LogP contribution in [0, 0.1) is 5.92 Å². The van der Waals surface area contributed by atoms with Gasteiger partial charge in [0.15, 0.2) is 0 Å². The molecule has 4 nitrogen and oxygen atoms in total. The Morgan fingerprint density at radius 2 is 1.94 bits per heavy atom. The number of nitrogens with zero attached hydrogens (tertiary/aromatic N) is 1. The summed E-state index contributed by atoms with van der Waals surface area (Å²) >= 11 is 0. The monoisotopic (exact) mass is 234 g/mol.